The van der Waals surface area contributed by atoms with Gasteiger partial charge in [-0.15, -0.1) is 0 Å². The second-order valence-electron chi connectivity index (χ2n) is 6.49. The summed E-state index contributed by atoms with van der Waals surface area (Å²) in [5.74, 6) is 0.178. The number of aromatic nitrogens is 3. The van der Waals surface area contributed by atoms with Crippen molar-refractivity contribution in [3.8, 4) is 10.4 Å². The van der Waals surface area contributed by atoms with Gasteiger partial charge in [0.25, 0.3) is 10.4 Å². The van der Waals surface area contributed by atoms with E-state index >= 15 is 0 Å². The smallest absolute Gasteiger partial charge is 0.302 e. The van der Waals surface area contributed by atoms with E-state index in [-0.39, 0.29) is 16.2 Å². The molecule has 0 spiro atoms. The fraction of sp³-hybridized carbons (Fsp3) is 0.353. The maximum absolute atomic E-state index is 12.8. The molecule has 0 radical (unpaired) electrons. The summed E-state index contributed by atoms with van der Waals surface area (Å²) in [7, 11) is 0.691. The number of nitrogens with zero attached hydrogens (tertiary/aromatic N) is 3. The molecule has 7 nitrogen and oxygen atoms in total. The van der Waals surface area contributed by atoms with Gasteiger partial charge in [-0.25, -0.2) is 13.6 Å². The fourth-order valence-corrected chi connectivity index (χ4v) is 6.42. The molecule has 9 heteroatoms. The third kappa shape index (κ3) is 2.85. The second kappa shape index (κ2) is 6.90. The highest BCUT2D eigenvalue weighted by Crippen LogP contribution is 2.45. The van der Waals surface area contributed by atoms with Gasteiger partial charge in [0.1, 0.15) is 16.5 Å². The van der Waals surface area contributed by atoms with Gasteiger partial charge in [-0.05, 0) is 18.1 Å². The zero-order chi connectivity index (χ0) is 19.2. The van der Waals surface area contributed by atoms with Crippen molar-refractivity contribution in [1.29, 1.82) is 0 Å². The minimum Gasteiger partial charge on any atom is -0.302 e. The number of fused-ring (bicyclic) bond motifs is 1. The second-order valence-corrected chi connectivity index (χ2v) is 9.21. The summed E-state index contributed by atoms with van der Waals surface area (Å²) in [6.45, 7) is 4.39. The molecule has 2 unspecified atom stereocenters. The Hall–Kier alpha value is -2.10. The van der Waals surface area contributed by atoms with E-state index in [1.807, 2.05) is 20.1 Å². The first kappa shape index (κ1) is 18.7. The highest BCUT2D eigenvalue weighted by Gasteiger charge is 2.35. The minimum absolute atomic E-state index is 0.0805. The summed E-state index contributed by atoms with van der Waals surface area (Å²) in [5, 5.41) is 0.165. The lowest BCUT2D eigenvalue weighted by Gasteiger charge is -2.09. The van der Waals surface area contributed by atoms with Crippen LogP contribution < -0.4 is 11.2 Å². The van der Waals surface area contributed by atoms with Crippen LogP contribution in [-0.2, 0) is 30.9 Å². The Morgan fingerprint density at radius 3 is 2.58 bits per heavy atom. The van der Waals surface area contributed by atoms with Gasteiger partial charge in [-0.1, -0.05) is 13.8 Å². The Balaban J connectivity index is 2.60. The molecule has 0 saturated heterocycles. The number of aryl methyl sites for hydroxylation is 1. The summed E-state index contributed by atoms with van der Waals surface area (Å²) in [6, 6.07) is 3.53. The SMILES string of the molecule is CC(C)Cn1c(=O)n(C)c(=O)c2c(S(=O)O)c(-c3cccnc3)[s+](C)c21. The largest absolute Gasteiger partial charge is 0.334 e. The molecule has 0 aliphatic heterocycles. The summed E-state index contributed by atoms with van der Waals surface area (Å²) in [5.41, 5.74) is -0.268. The van der Waals surface area contributed by atoms with E-state index in [1.165, 1.54) is 7.05 Å². The van der Waals surface area contributed by atoms with Gasteiger partial charge in [0, 0.05) is 36.5 Å². The van der Waals surface area contributed by atoms with Gasteiger partial charge in [-0.3, -0.25) is 14.3 Å². The van der Waals surface area contributed by atoms with Crippen LogP contribution in [-0.4, -0.2) is 22.9 Å². The fourth-order valence-electron chi connectivity index (χ4n) is 3.11. The molecule has 138 valence electrons. The van der Waals surface area contributed by atoms with Crippen molar-refractivity contribution < 1.29 is 8.76 Å². The molecule has 3 aromatic rings. The molecule has 0 saturated carbocycles. The quantitative estimate of drug-likeness (QED) is 0.541. The van der Waals surface area contributed by atoms with Gasteiger partial charge in [-0.2, -0.15) is 0 Å². The van der Waals surface area contributed by atoms with Crippen LogP contribution in [0.4, 0.5) is 0 Å². The number of hydrogen-bond acceptors (Lipinski definition) is 4. The van der Waals surface area contributed by atoms with E-state index in [0.29, 0.717) is 21.8 Å². The number of hydrogen-bond donors (Lipinski definition) is 1. The van der Waals surface area contributed by atoms with E-state index in [2.05, 4.69) is 4.98 Å². The van der Waals surface area contributed by atoms with Crippen LogP contribution in [0, 0.1) is 5.92 Å². The standard InChI is InChI=1S/C17H19N3O4S2/c1-10(2)9-20-16-12(15(21)19(3)17(20)22)14(26(23)24)13(25(16)4)11-6-5-7-18-8-11/h5-8,10H,9H2,1-4H3/p+1. The van der Waals surface area contributed by atoms with Crippen LogP contribution in [0.3, 0.4) is 0 Å². The monoisotopic (exact) mass is 394 g/mol. The van der Waals surface area contributed by atoms with E-state index in [4.69, 9.17) is 0 Å². The van der Waals surface area contributed by atoms with Crippen molar-refractivity contribution in [2.45, 2.75) is 25.3 Å². The average Bonchev–Trinajstić information content (AvgIpc) is 2.91. The molecule has 0 aliphatic carbocycles. The predicted octanol–water partition coefficient (Wildman–Crippen LogP) is 2.28. The average molecular weight is 394 g/mol. The molecule has 0 fully saturated rings. The lowest BCUT2D eigenvalue weighted by Crippen LogP contribution is -2.38. The third-order valence-corrected chi connectivity index (χ3v) is 7.11. The maximum atomic E-state index is 12.8. The van der Waals surface area contributed by atoms with Crippen LogP contribution in [0.1, 0.15) is 13.8 Å². The first-order valence-corrected chi connectivity index (χ1v) is 10.7. The van der Waals surface area contributed by atoms with Crippen molar-refractivity contribution in [3.63, 3.8) is 0 Å². The maximum Gasteiger partial charge on any atom is 0.334 e. The Kier molecular flexibility index (Phi) is 4.96. The molecule has 1 N–H and O–H groups in total. The highest BCUT2D eigenvalue weighted by atomic mass is 32.2. The summed E-state index contributed by atoms with van der Waals surface area (Å²) in [4.78, 5) is 30.8. The first-order valence-electron chi connectivity index (χ1n) is 8.01. The minimum atomic E-state index is -2.37. The summed E-state index contributed by atoms with van der Waals surface area (Å²) < 4.78 is 24.7. The number of thiophene rings is 1. The molecule has 0 aliphatic rings. The van der Waals surface area contributed by atoms with Crippen molar-refractivity contribution in [2.75, 3.05) is 0 Å². The molecule has 26 heavy (non-hydrogen) atoms. The van der Waals surface area contributed by atoms with Gasteiger partial charge < -0.3 is 4.55 Å². The van der Waals surface area contributed by atoms with E-state index in [9.17, 15) is 18.4 Å². The number of pyridine rings is 1. The molecule has 3 rings (SSSR count). The van der Waals surface area contributed by atoms with Crippen molar-refractivity contribution >= 4 is 31.8 Å². The van der Waals surface area contributed by atoms with Gasteiger partial charge in [0.05, 0.1) is 5.56 Å². The van der Waals surface area contributed by atoms with Crippen molar-refractivity contribution in [1.82, 2.24) is 14.1 Å². The van der Waals surface area contributed by atoms with Crippen LogP contribution in [0.5, 0.6) is 0 Å². The predicted molar refractivity (Wildman–Crippen MR) is 104 cm³/mol. The Bertz CT molecular complexity index is 1130. The van der Waals surface area contributed by atoms with Crippen LogP contribution in [0.25, 0.3) is 20.7 Å². The molecular formula is C17H20N3O4S2+. The first-order chi connectivity index (χ1) is 12.3. The zero-order valence-electron chi connectivity index (χ0n) is 14.9. The lowest BCUT2D eigenvalue weighted by atomic mass is 10.2. The molecule has 0 bridgehead atoms. The normalized spacial score (nSPS) is 13.5. The topological polar surface area (TPSA) is 94.2 Å². The van der Waals surface area contributed by atoms with Crippen LogP contribution in [0.2, 0.25) is 0 Å². The lowest BCUT2D eigenvalue weighted by molar-refractivity contribution is 0.504. The summed E-state index contributed by atoms with van der Waals surface area (Å²) >= 11 is -2.37. The zero-order valence-corrected chi connectivity index (χ0v) is 16.6. The van der Waals surface area contributed by atoms with Gasteiger partial charge >= 0.3 is 5.69 Å². The Morgan fingerprint density at radius 1 is 1.35 bits per heavy atom. The number of rotatable bonds is 4. The Labute approximate surface area is 155 Å². The highest BCUT2D eigenvalue weighted by molar-refractivity contribution is 7.80. The third-order valence-electron chi connectivity index (χ3n) is 4.17. The molecule has 0 aromatic carbocycles. The van der Waals surface area contributed by atoms with E-state index in [0.717, 1.165) is 4.57 Å². The molecule has 0 amide bonds. The van der Waals surface area contributed by atoms with Crippen molar-refractivity contribution in [2.24, 2.45) is 19.2 Å². The van der Waals surface area contributed by atoms with Gasteiger partial charge in [0.15, 0.2) is 11.1 Å². The molecule has 2 atom stereocenters. The van der Waals surface area contributed by atoms with Crippen LogP contribution in [0.15, 0.2) is 39.0 Å². The molecule has 3 heterocycles. The molecule has 3 aromatic heterocycles. The van der Waals surface area contributed by atoms with Gasteiger partial charge in [0.2, 0.25) is 4.88 Å². The van der Waals surface area contributed by atoms with E-state index < -0.39 is 32.8 Å². The van der Waals surface area contributed by atoms with Crippen molar-refractivity contribution in [3.05, 3.63) is 45.4 Å². The van der Waals surface area contributed by atoms with Crippen LogP contribution >= 0.6 is 10.5 Å². The molecular weight excluding hydrogens is 374 g/mol. The summed E-state index contributed by atoms with van der Waals surface area (Å²) in [6.07, 6.45) is 5.09. The van der Waals surface area contributed by atoms with E-state index in [1.54, 1.807) is 29.1 Å². The Morgan fingerprint density at radius 2 is 2.04 bits per heavy atom.